The van der Waals surface area contributed by atoms with Crippen LogP contribution in [0.1, 0.15) is 13.8 Å². The molecule has 2 rings (SSSR count). The van der Waals surface area contributed by atoms with E-state index in [1.165, 1.54) is 0 Å². The number of ether oxygens (including phenoxy) is 2. The van der Waals surface area contributed by atoms with Crippen LogP contribution in [-0.4, -0.2) is 54.5 Å². The maximum absolute atomic E-state index is 5.25. The van der Waals surface area contributed by atoms with E-state index < -0.39 is 0 Å². The average molecular weight is 305 g/mol. The van der Waals surface area contributed by atoms with E-state index in [0.717, 1.165) is 5.52 Å². The largest absolute Gasteiger partial charge is 0.380 e. The van der Waals surface area contributed by atoms with Crippen molar-refractivity contribution < 1.29 is 9.47 Å². The van der Waals surface area contributed by atoms with E-state index in [9.17, 15) is 0 Å². The fraction of sp³-hybridized carbons (Fsp3) is 0.533. The Morgan fingerprint density at radius 1 is 1.00 bits per heavy atom. The Morgan fingerprint density at radius 2 is 1.59 bits per heavy atom. The number of anilines is 2. The summed E-state index contributed by atoms with van der Waals surface area (Å²) in [6.07, 6.45) is 1.86. The quantitative estimate of drug-likeness (QED) is 0.771. The number of aromatic nitrogens is 3. The predicted molar refractivity (Wildman–Crippen MR) is 87.3 cm³/mol. The summed E-state index contributed by atoms with van der Waals surface area (Å²) in [7, 11) is 3.36. The van der Waals surface area contributed by atoms with Crippen molar-refractivity contribution in [2.45, 2.75) is 26.1 Å². The molecule has 0 saturated carbocycles. The van der Waals surface area contributed by atoms with E-state index in [1.807, 2.05) is 26.0 Å². The Balaban J connectivity index is 2.24. The molecule has 2 aromatic rings. The minimum atomic E-state index is 0.0759. The van der Waals surface area contributed by atoms with Crippen molar-refractivity contribution in [3.8, 4) is 0 Å². The van der Waals surface area contributed by atoms with E-state index in [1.54, 1.807) is 20.4 Å². The first-order valence-electron chi connectivity index (χ1n) is 7.30. The van der Waals surface area contributed by atoms with Crippen LogP contribution in [-0.2, 0) is 9.47 Å². The van der Waals surface area contributed by atoms with E-state index in [2.05, 4.69) is 25.6 Å². The minimum Gasteiger partial charge on any atom is -0.380 e. The molecule has 0 aliphatic rings. The van der Waals surface area contributed by atoms with Gasteiger partial charge < -0.3 is 20.1 Å². The third-order valence-corrected chi connectivity index (χ3v) is 3.36. The van der Waals surface area contributed by atoms with E-state index in [4.69, 9.17) is 9.47 Å². The number of methoxy groups -OCH3 is 2. The lowest BCUT2D eigenvalue weighted by Gasteiger charge is -2.16. The van der Waals surface area contributed by atoms with Crippen molar-refractivity contribution in [1.82, 2.24) is 15.0 Å². The molecule has 0 fully saturated rings. The highest BCUT2D eigenvalue weighted by molar-refractivity contribution is 5.76. The topological polar surface area (TPSA) is 81.2 Å². The zero-order chi connectivity index (χ0) is 15.9. The molecule has 7 heteroatoms. The molecule has 2 aromatic heterocycles. The molecule has 2 N–H and O–H groups in total. The fourth-order valence-electron chi connectivity index (χ4n) is 1.79. The first-order valence-corrected chi connectivity index (χ1v) is 7.30. The molecule has 0 aromatic carbocycles. The van der Waals surface area contributed by atoms with Gasteiger partial charge >= 0.3 is 0 Å². The van der Waals surface area contributed by atoms with Gasteiger partial charge in [0.25, 0.3) is 0 Å². The minimum absolute atomic E-state index is 0.0759. The van der Waals surface area contributed by atoms with Gasteiger partial charge in [0, 0.05) is 33.5 Å². The summed E-state index contributed by atoms with van der Waals surface area (Å²) in [4.78, 5) is 13.4. The number of nitrogens with zero attached hydrogens (tertiary/aromatic N) is 3. The Bertz CT molecular complexity index is 555. The second-order valence-electron chi connectivity index (χ2n) is 5.12. The zero-order valence-electron chi connectivity index (χ0n) is 13.5. The Labute approximate surface area is 130 Å². The summed E-state index contributed by atoms with van der Waals surface area (Å²) < 4.78 is 10.5. The summed E-state index contributed by atoms with van der Waals surface area (Å²) in [5.74, 6) is 1.35. The summed E-state index contributed by atoms with van der Waals surface area (Å²) in [5, 5.41) is 6.52. The van der Waals surface area contributed by atoms with Crippen LogP contribution in [0.5, 0.6) is 0 Å². The lowest BCUT2D eigenvalue weighted by Crippen LogP contribution is -2.22. The van der Waals surface area contributed by atoms with Crippen LogP contribution in [0.15, 0.2) is 18.3 Å². The number of rotatable bonds is 8. The third-order valence-electron chi connectivity index (χ3n) is 3.36. The van der Waals surface area contributed by atoms with Crippen LogP contribution in [0, 0.1) is 0 Å². The van der Waals surface area contributed by atoms with Crippen molar-refractivity contribution in [1.29, 1.82) is 0 Å². The summed E-state index contributed by atoms with van der Waals surface area (Å²) >= 11 is 0. The second kappa shape index (κ2) is 7.86. The van der Waals surface area contributed by atoms with Crippen molar-refractivity contribution >= 4 is 22.8 Å². The molecule has 22 heavy (non-hydrogen) atoms. The standard InChI is InChI=1S/C15H23N5O2/c1-10(21-3)8-17-14-15(18-9-11(2)22-4)20-13-12(19-14)6-5-7-16-13/h5-7,10-11H,8-9H2,1-4H3,(H,17,19)(H,16,18,20). The summed E-state index contributed by atoms with van der Waals surface area (Å²) in [6.45, 7) is 5.26. The summed E-state index contributed by atoms with van der Waals surface area (Å²) in [5.41, 5.74) is 1.36. The van der Waals surface area contributed by atoms with Crippen molar-refractivity contribution in [3.63, 3.8) is 0 Å². The van der Waals surface area contributed by atoms with Crippen molar-refractivity contribution in [2.75, 3.05) is 37.9 Å². The van der Waals surface area contributed by atoms with Crippen LogP contribution >= 0.6 is 0 Å². The molecule has 2 atom stereocenters. The van der Waals surface area contributed by atoms with Gasteiger partial charge in [0.05, 0.1) is 12.2 Å². The Hall–Kier alpha value is -1.99. The van der Waals surface area contributed by atoms with Crippen LogP contribution in [0.25, 0.3) is 11.2 Å². The molecular formula is C15H23N5O2. The molecule has 0 saturated heterocycles. The smallest absolute Gasteiger partial charge is 0.180 e. The first-order chi connectivity index (χ1) is 10.6. The highest BCUT2D eigenvalue weighted by atomic mass is 16.5. The van der Waals surface area contributed by atoms with E-state index in [-0.39, 0.29) is 12.2 Å². The summed E-state index contributed by atoms with van der Waals surface area (Å²) in [6, 6.07) is 3.74. The number of pyridine rings is 1. The SMILES string of the molecule is COC(C)CNc1nc2cccnc2nc1NCC(C)OC. The first kappa shape index (κ1) is 16.4. The fourth-order valence-corrected chi connectivity index (χ4v) is 1.79. The molecule has 2 heterocycles. The molecule has 0 aliphatic carbocycles. The van der Waals surface area contributed by atoms with Gasteiger partial charge in [-0.3, -0.25) is 0 Å². The highest BCUT2D eigenvalue weighted by Gasteiger charge is 2.11. The molecule has 120 valence electrons. The van der Waals surface area contributed by atoms with Gasteiger partial charge in [-0.2, -0.15) is 0 Å². The number of hydrogen-bond acceptors (Lipinski definition) is 7. The van der Waals surface area contributed by atoms with Gasteiger partial charge in [-0.1, -0.05) is 0 Å². The highest BCUT2D eigenvalue weighted by Crippen LogP contribution is 2.20. The van der Waals surface area contributed by atoms with Crippen LogP contribution in [0.2, 0.25) is 0 Å². The molecule has 0 radical (unpaired) electrons. The van der Waals surface area contributed by atoms with Gasteiger partial charge in [0.1, 0.15) is 5.52 Å². The predicted octanol–water partition coefficient (Wildman–Crippen LogP) is 1.92. The Morgan fingerprint density at radius 3 is 2.18 bits per heavy atom. The third kappa shape index (κ3) is 4.25. The lowest BCUT2D eigenvalue weighted by molar-refractivity contribution is 0.128. The maximum atomic E-state index is 5.25. The van der Waals surface area contributed by atoms with Gasteiger partial charge in [-0.05, 0) is 26.0 Å². The monoisotopic (exact) mass is 305 g/mol. The molecule has 0 spiro atoms. The van der Waals surface area contributed by atoms with E-state index >= 15 is 0 Å². The van der Waals surface area contributed by atoms with Gasteiger partial charge in [-0.25, -0.2) is 15.0 Å². The molecular weight excluding hydrogens is 282 g/mol. The molecule has 0 aliphatic heterocycles. The van der Waals surface area contributed by atoms with Crippen LogP contribution < -0.4 is 10.6 Å². The van der Waals surface area contributed by atoms with Crippen molar-refractivity contribution in [3.05, 3.63) is 18.3 Å². The number of hydrogen-bond donors (Lipinski definition) is 2. The van der Waals surface area contributed by atoms with Gasteiger partial charge in [0.2, 0.25) is 0 Å². The zero-order valence-corrected chi connectivity index (χ0v) is 13.5. The van der Waals surface area contributed by atoms with Crippen molar-refractivity contribution in [2.24, 2.45) is 0 Å². The normalized spacial score (nSPS) is 13.8. The lowest BCUT2D eigenvalue weighted by atomic mass is 10.3. The molecule has 7 nitrogen and oxygen atoms in total. The maximum Gasteiger partial charge on any atom is 0.180 e. The molecule has 0 bridgehead atoms. The van der Waals surface area contributed by atoms with Gasteiger partial charge in [0.15, 0.2) is 17.3 Å². The van der Waals surface area contributed by atoms with E-state index in [0.29, 0.717) is 30.4 Å². The average Bonchev–Trinajstić information content (AvgIpc) is 2.56. The molecule has 2 unspecified atom stereocenters. The second-order valence-corrected chi connectivity index (χ2v) is 5.12. The van der Waals surface area contributed by atoms with Crippen LogP contribution in [0.3, 0.4) is 0 Å². The van der Waals surface area contributed by atoms with Gasteiger partial charge in [-0.15, -0.1) is 0 Å². The number of fused-ring (bicyclic) bond motifs is 1. The van der Waals surface area contributed by atoms with Crippen LogP contribution in [0.4, 0.5) is 11.6 Å². The number of nitrogens with one attached hydrogen (secondary N) is 2. The molecule has 0 amide bonds. The Kier molecular flexibility index (Phi) is 5.85.